The first-order chi connectivity index (χ1) is 12.7. The number of carbonyl (C=O) groups excluding carboxylic acids is 1. The number of nitrogens with one attached hydrogen (secondary N) is 2. The lowest BCUT2D eigenvalue weighted by Gasteiger charge is -2.23. The maximum atomic E-state index is 13.1. The molecule has 0 fully saturated rings. The molecule has 9 heteroatoms. The third-order valence-electron chi connectivity index (χ3n) is 3.74. The van der Waals surface area contributed by atoms with E-state index in [1.807, 2.05) is 0 Å². The summed E-state index contributed by atoms with van der Waals surface area (Å²) in [4.78, 5) is 29.9. The normalized spacial score (nSPS) is 12.8. The van der Waals surface area contributed by atoms with Crippen molar-refractivity contribution in [3.8, 4) is 5.69 Å². The van der Waals surface area contributed by atoms with Gasteiger partial charge < -0.3 is 10.1 Å². The van der Waals surface area contributed by atoms with Crippen LogP contribution < -0.4 is 10.9 Å². The van der Waals surface area contributed by atoms with Crippen molar-refractivity contribution >= 4 is 28.6 Å². The number of fused-ring (bicyclic) bond motifs is 1. The Hall–Kier alpha value is -2.87. The molecule has 0 radical (unpaired) electrons. The molecule has 0 aliphatic heterocycles. The molecule has 1 aromatic carbocycles. The molecule has 8 nitrogen and oxygen atoms in total. The van der Waals surface area contributed by atoms with E-state index in [1.165, 1.54) is 10.8 Å². The minimum Gasteiger partial charge on any atom is -0.444 e. The van der Waals surface area contributed by atoms with Crippen LogP contribution in [-0.2, 0) is 4.74 Å². The Kier molecular flexibility index (Phi) is 4.93. The van der Waals surface area contributed by atoms with Crippen molar-refractivity contribution in [1.82, 2.24) is 25.1 Å². The van der Waals surface area contributed by atoms with E-state index in [1.54, 1.807) is 52.1 Å². The number of rotatable bonds is 3. The van der Waals surface area contributed by atoms with E-state index in [0.717, 1.165) is 0 Å². The van der Waals surface area contributed by atoms with Crippen LogP contribution in [0.4, 0.5) is 4.79 Å². The Balaban J connectivity index is 2.13. The second-order valence-electron chi connectivity index (χ2n) is 7.07. The number of benzene rings is 1. The first kappa shape index (κ1) is 18.9. The highest BCUT2D eigenvalue weighted by molar-refractivity contribution is 6.35. The smallest absolute Gasteiger partial charge is 0.408 e. The van der Waals surface area contributed by atoms with Crippen LogP contribution in [0.1, 0.15) is 39.6 Å². The Morgan fingerprint density at radius 3 is 2.74 bits per heavy atom. The zero-order chi connectivity index (χ0) is 19.8. The lowest BCUT2D eigenvalue weighted by Crippen LogP contribution is -2.36. The number of alkyl carbamates (subject to hydrolysis) is 1. The van der Waals surface area contributed by atoms with Gasteiger partial charge in [0.2, 0.25) is 0 Å². The fourth-order valence-corrected chi connectivity index (χ4v) is 2.91. The zero-order valence-corrected chi connectivity index (χ0v) is 16.2. The summed E-state index contributed by atoms with van der Waals surface area (Å²) in [7, 11) is 0. The number of amides is 1. The second-order valence-corrected chi connectivity index (χ2v) is 7.48. The predicted octanol–water partition coefficient (Wildman–Crippen LogP) is 3.35. The van der Waals surface area contributed by atoms with Crippen molar-refractivity contribution in [3.63, 3.8) is 0 Å². The summed E-state index contributed by atoms with van der Waals surface area (Å²) in [6.45, 7) is 7.04. The van der Waals surface area contributed by atoms with E-state index < -0.39 is 17.7 Å². The van der Waals surface area contributed by atoms with Gasteiger partial charge in [0.1, 0.15) is 11.4 Å². The van der Waals surface area contributed by atoms with Crippen molar-refractivity contribution in [3.05, 3.63) is 51.8 Å². The van der Waals surface area contributed by atoms with Gasteiger partial charge in [-0.1, -0.05) is 17.7 Å². The molecule has 3 aromatic rings. The fraction of sp³-hybridized carbons (Fsp3) is 0.333. The van der Waals surface area contributed by atoms with Gasteiger partial charge in [0.05, 0.1) is 33.9 Å². The van der Waals surface area contributed by atoms with E-state index in [9.17, 15) is 9.59 Å². The molecule has 2 heterocycles. The maximum Gasteiger partial charge on any atom is 0.408 e. The summed E-state index contributed by atoms with van der Waals surface area (Å²) in [5.41, 5.74) is -0.0552. The number of hydrogen-bond acceptors (Lipinski definition) is 5. The lowest BCUT2D eigenvalue weighted by molar-refractivity contribution is 0.0505. The number of nitrogens with zero attached hydrogens (tertiary/aromatic N) is 3. The summed E-state index contributed by atoms with van der Waals surface area (Å²) in [5.74, 6) is 0.335. The predicted molar refractivity (Wildman–Crippen MR) is 102 cm³/mol. The SMILES string of the molecule is CC(NC(=O)OC(C)(C)C)c1nc2cccc(Cl)c2c(=O)n1-c1cn[nH]c1. The van der Waals surface area contributed by atoms with Crippen molar-refractivity contribution < 1.29 is 9.53 Å². The molecular weight excluding hydrogens is 370 g/mol. The molecule has 1 amide bonds. The molecule has 142 valence electrons. The van der Waals surface area contributed by atoms with Crippen molar-refractivity contribution in [2.24, 2.45) is 0 Å². The van der Waals surface area contributed by atoms with E-state index in [4.69, 9.17) is 16.3 Å². The second kappa shape index (κ2) is 7.03. The molecule has 27 heavy (non-hydrogen) atoms. The van der Waals surface area contributed by atoms with Gasteiger partial charge >= 0.3 is 6.09 Å². The number of carbonyl (C=O) groups is 1. The van der Waals surface area contributed by atoms with E-state index in [-0.39, 0.29) is 5.56 Å². The molecule has 0 spiro atoms. The average molecular weight is 390 g/mol. The van der Waals surface area contributed by atoms with Crippen LogP contribution in [0.5, 0.6) is 0 Å². The molecule has 0 aliphatic carbocycles. The topological polar surface area (TPSA) is 102 Å². The van der Waals surface area contributed by atoms with Crippen LogP contribution in [0.2, 0.25) is 5.02 Å². The Morgan fingerprint density at radius 1 is 1.37 bits per heavy atom. The standard InChI is InChI=1S/C18H20ClN5O3/c1-10(22-17(26)27-18(2,3)4)15-23-13-7-5-6-12(19)14(13)16(25)24(15)11-8-20-21-9-11/h5-10H,1-4H3,(H,20,21)(H,22,26). The zero-order valence-electron chi connectivity index (χ0n) is 15.4. The highest BCUT2D eigenvalue weighted by Crippen LogP contribution is 2.22. The third kappa shape index (κ3) is 3.95. The van der Waals surface area contributed by atoms with Crippen LogP contribution in [0.25, 0.3) is 16.6 Å². The molecule has 2 N–H and O–H groups in total. The van der Waals surface area contributed by atoms with Crippen LogP contribution in [-0.4, -0.2) is 31.4 Å². The molecule has 2 aromatic heterocycles. The van der Waals surface area contributed by atoms with Gasteiger partial charge in [-0.25, -0.2) is 9.78 Å². The van der Waals surface area contributed by atoms with Crippen molar-refractivity contribution in [1.29, 1.82) is 0 Å². The summed E-state index contributed by atoms with van der Waals surface area (Å²) < 4.78 is 6.67. The van der Waals surface area contributed by atoms with Gasteiger partial charge in [-0.15, -0.1) is 0 Å². The number of ether oxygens (including phenoxy) is 1. The van der Waals surface area contributed by atoms with Crippen LogP contribution in [0.15, 0.2) is 35.4 Å². The quantitative estimate of drug-likeness (QED) is 0.715. The molecule has 1 unspecified atom stereocenters. The molecular formula is C18H20ClN5O3. The van der Waals surface area contributed by atoms with Crippen LogP contribution in [0, 0.1) is 0 Å². The van der Waals surface area contributed by atoms with Gasteiger partial charge in [-0.05, 0) is 39.8 Å². The Morgan fingerprint density at radius 2 is 2.11 bits per heavy atom. The third-order valence-corrected chi connectivity index (χ3v) is 4.05. The van der Waals surface area contributed by atoms with Crippen molar-refractivity contribution in [2.45, 2.75) is 39.3 Å². The summed E-state index contributed by atoms with van der Waals surface area (Å²) >= 11 is 6.22. The monoisotopic (exact) mass is 389 g/mol. The first-order valence-corrected chi connectivity index (χ1v) is 8.75. The molecule has 0 saturated heterocycles. The van der Waals surface area contributed by atoms with Crippen molar-refractivity contribution in [2.75, 3.05) is 0 Å². The highest BCUT2D eigenvalue weighted by atomic mass is 35.5. The fourth-order valence-electron chi connectivity index (χ4n) is 2.66. The van der Waals surface area contributed by atoms with Gasteiger partial charge in [0.15, 0.2) is 0 Å². The molecule has 1 atom stereocenters. The summed E-state index contributed by atoms with van der Waals surface area (Å²) in [5, 5.41) is 9.89. The average Bonchev–Trinajstić information content (AvgIpc) is 3.06. The number of H-pyrrole nitrogens is 1. The minimum atomic E-state index is -0.641. The van der Waals surface area contributed by atoms with Crippen LogP contribution >= 0.6 is 11.6 Å². The van der Waals surface area contributed by atoms with E-state index in [2.05, 4.69) is 20.5 Å². The first-order valence-electron chi connectivity index (χ1n) is 8.37. The van der Waals surface area contributed by atoms with Crippen LogP contribution in [0.3, 0.4) is 0 Å². The largest absolute Gasteiger partial charge is 0.444 e. The highest BCUT2D eigenvalue weighted by Gasteiger charge is 2.23. The number of hydrogen-bond donors (Lipinski definition) is 2. The van der Waals surface area contributed by atoms with Gasteiger partial charge in [0.25, 0.3) is 5.56 Å². The molecule has 0 saturated carbocycles. The lowest BCUT2D eigenvalue weighted by atomic mass is 10.2. The maximum absolute atomic E-state index is 13.1. The molecule has 0 bridgehead atoms. The summed E-state index contributed by atoms with van der Waals surface area (Å²) in [6, 6.07) is 4.45. The number of halogens is 1. The Labute approximate surface area is 160 Å². The minimum absolute atomic E-state index is 0.300. The molecule has 0 aliphatic rings. The number of aromatic amines is 1. The van der Waals surface area contributed by atoms with E-state index >= 15 is 0 Å². The van der Waals surface area contributed by atoms with E-state index in [0.29, 0.717) is 27.4 Å². The van der Waals surface area contributed by atoms with Gasteiger partial charge in [-0.3, -0.25) is 14.5 Å². The summed E-state index contributed by atoms with van der Waals surface area (Å²) in [6.07, 6.45) is 2.46. The van der Waals surface area contributed by atoms with Gasteiger partial charge in [-0.2, -0.15) is 5.10 Å². The Bertz CT molecular complexity index is 1040. The number of aromatic nitrogens is 4. The van der Waals surface area contributed by atoms with Gasteiger partial charge in [0, 0.05) is 6.20 Å². The molecule has 3 rings (SSSR count).